The van der Waals surface area contributed by atoms with Gasteiger partial charge in [-0.05, 0) is 6.42 Å². The lowest BCUT2D eigenvalue weighted by Gasteiger charge is -2.09. The lowest BCUT2D eigenvalue weighted by molar-refractivity contribution is 0.00691. The molecule has 0 aromatic heterocycles. The topological polar surface area (TPSA) is 84.2 Å². The number of hydrogen-bond acceptors (Lipinski definition) is 7. The molecule has 0 aromatic rings. The zero-order valence-electron chi connectivity index (χ0n) is 14.9. The van der Waals surface area contributed by atoms with Crippen LogP contribution in [0.25, 0.3) is 0 Å². The van der Waals surface area contributed by atoms with Gasteiger partial charge in [-0.3, -0.25) is 0 Å². The largest absolute Gasteiger partial charge is 0.379 e. The minimum absolute atomic E-state index is 0.504. The van der Waals surface area contributed by atoms with E-state index in [9.17, 15) is 0 Å². The van der Waals surface area contributed by atoms with Crippen LogP contribution in [-0.2, 0) is 23.7 Å². The molecule has 140 valence electrons. The van der Waals surface area contributed by atoms with Gasteiger partial charge in [0.15, 0.2) is 0 Å². The predicted molar refractivity (Wildman–Crippen MR) is 90.9 cm³/mol. The van der Waals surface area contributed by atoms with E-state index in [0.29, 0.717) is 72.0 Å². The van der Waals surface area contributed by atoms with Gasteiger partial charge in [0, 0.05) is 32.3 Å². The maximum atomic E-state index is 5.46. The first-order valence-electron chi connectivity index (χ1n) is 8.59. The fraction of sp³-hybridized carbons (Fsp3) is 1.00. The number of nitrogens with two attached hydrogens (primary N) is 1. The average Bonchev–Trinajstić information content (AvgIpc) is 2.53. The summed E-state index contributed by atoms with van der Waals surface area (Å²) in [6.07, 6.45) is 0.883. The number of hydrogen-bond donors (Lipinski definition) is 2. The quantitative estimate of drug-likeness (QED) is 0.331. The summed E-state index contributed by atoms with van der Waals surface area (Å²) in [5.74, 6) is 0. The monoisotopic (exact) mass is 336 g/mol. The normalized spacial score (nSPS) is 11.5. The molecule has 0 atom stereocenters. The van der Waals surface area contributed by atoms with Crippen LogP contribution in [-0.4, -0.2) is 85.2 Å². The molecular weight excluding hydrogens is 300 g/mol. The molecule has 23 heavy (non-hydrogen) atoms. The maximum absolute atomic E-state index is 5.46. The SMILES string of the molecule is CC(C)NCCOCCOCCCOCCOCCOCCN. The van der Waals surface area contributed by atoms with E-state index >= 15 is 0 Å². The molecule has 0 radical (unpaired) electrons. The van der Waals surface area contributed by atoms with Crippen LogP contribution in [0.4, 0.5) is 0 Å². The molecule has 0 aliphatic carbocycles. The summed E-state index contributed by atoms with van der Waals surface area (Å²) >= 11 is 0. The molecule has 0 aliphatic heterocycles. The van der Waals surface area contributed by atoms with Crippen molar-refractivity contribution < 1.29 is 23.7 Å². The summed E-state index contributed by atoms with van der Waals surface area (Å²) in [6, 6.07) is 0.504. The second kappa shape index (κ2) is 19.8. The second-order valence-corrected chi connectivity index (χ2v) is 5.31. The zero-order valence-corrected chi connectivity index (χ0v) is 14.9. The highest BCUT2D eigenvalue weighted by atomic mass is 16.5. The fourth-order valence-electron chi connectivity index (χ4n) is 1.63. The Balaban J connectivity index is 2.95. The van der Waals surface area contributed by atoms with Crippen molar-refractivity contribution in [1.29, 1.82) is 0 Å². The molecule has 0 fully saturated rings. The average molecular weight is 336 g/mol. The van der Waals surface area contributed by atoms with Crippen molar-refractivity contribution in [2.75, 3.05) is 79.2 Å². The van der Waals surface area contributed by atoms with Crippen LogP contribution >= 0.6 is 0 Å². The highest BCUT2D eigenvalue weighted by Crippen LogP contribution is 1.87. The molecule has 0 aromatic carbocycles. The summed E-state index contributed by atoms with van der Waals surface area (Å²) in [7, 11) is 0. The van der Waals surface area contributed by atoms with Gasteiger partial charge < -0.3 is 34.7 Å². The van der Waals surface area contributed by atoms with Crippen LogP contribution in [0.3, 0.4) is 0 Å². The summed E-state index contributed by atoms with van der Waals surface area (Å²) in [5, 5.41) is 3.29. The Morgan fingerprint density at radius 1 is 0.652 bits per heavy atom. The van der Waals surface area contributed by atoms with Gasteiger partial charge in [0.05, 0.1) is 52.9 Å². The highest BCUT2D eigenvalue weighted by Gasteiger charge is 1.94. The van der Waals surface area contributed by atoms with Crippen molar-refractivity contribution in [2.45, 2.75) is 26.3 Å². The standard InChI is InChI=1S/C16H36N2O5/c1-16(2)18-5-9-22-13-10-19-6-3-7-20-11-14-23-15-12-21-8-4-17/h16,18H,3-15,17H2,1-2H3. The van der Waals surface area contributed by atoms with Crippen molar-refractivity contribution in [3.8, 4) is 0 Å². The summed E-state index contributed by atoms with van der Waals surface area (Å²) in [4.78, 5) is 0. The molecule has 7 nitrogen and oxygen atoms in total. The highest BCUT2D eigenvalue weighted by molar-refractivity contribution is 4.50. The van der Waals surface area contributed by atoms with Crippen molar-refractivity contribution >= 4 is 0 Å². The minimum atomic E-state index is 0.504. The first kappa shape index (κ1) is 22.7. The number of nitrogens with one attached hydrogen (secondary N) is 1. The maximum Gasteiger partial charge on any atom is 0.0701 e. The van der Waals surface area contributed by atoms with Crippen LogP contribution < -0.4 is 11.1 Å². The second-order valence-electron chi connectivity index (χ2n) is 5.31. The first-order valence-corrected chi connectivity index (χ1v) is 8.59. The molecule has 0 heterocycles. The third-order valence-corrected chi connectivity index (χ3v) is 2.75. The van der Waals surface area contributed by atoms with Crippen molar-refractivity contribution in [2.24, 2.45) is 5.73 Å². The molecule has 0 unspecified atom stereocenters. The van der Waals surface area contributed by atoms with Crippen LogP contribution in [0.1, 0.15) is 20.3 Å². The summed E-state index contributed by atoms with van der Waals surface area (Å²) < 4.78 is 26.9. The van der Waals surface area contributed by atoms with E-state index in [1.54, 1.807) is 0 Å². The molecule has 3 N–H and O–H groups in total. The molecule has 0 saturated heterocycles. The third kappa shape index (κ3) is 21.7. The van der Waals surface area contributed by atoms with Crippen molar-refractivity contribution in [1.82, 2.24) is 5.32 Å². The Bertz CT molecular complexity index is 221. The Morgan fingerprint density at radius 3 is 1.57 bits per heavy atom. The van der Waals surface area contributed by atoms with Gasteiger partial charge in [0.1, 0.15) is 0 Å². The van der Waals surface area contributed by atoms with Crippen molar-refractivity contribution in [3.05, 3.63) is 0 Å². The summed E-state index contributed by atoms with van der Waals surface area (Å²) in [5.41, 5.74) is 5.30. The molecular formula is C16H36N2O5. The smallest absolute Gasteiger partial charge is 0.0701 e. The van der Waals surface area contributed by atoms with Crippen LogP contribution in [0, 0.1) is 0 Å². The van der Waals surface area contributed by atoms with Gasteiger partial charge in [-0.25, -0.2) is 0 Å². The molecule has 0 rings (SSSR count). The van der Waals surface area contributed by atoms with Crippen LogP contribution in [0.5, 0.6) is 0 Å². The fourth-order valence-corrected chi connectivity index (χ4v) is 1.63. The molecule has 0 amide bonds. The Labute approximate surface area is 141 Å². The number of rotatable bonds is 19. The number of ether oxygens (including phenoxy) is 5. The Kier molecular flexibility index (Phi) is 19.5. The van der Waals surface area contributed by atoms with Crippen LogP contribution in [0.15, 0.2) is 0 Å². The molecule has 0 saturated carbocycles. The predicted octanol–water partition coefficient (Wildman–Crippen LogP) is 0.416. The Hall–Kier alpha value is -0.280. The van der Waals surface area contributed by atoms with Crippen molar-refractivity contribution in [3.63, 3.8) is 0 Å². The van der Waals surface area contributed by atoms with E-state index in [0.717, 1.165) is 19.6 Å². The van der Waals surface area contributed by atoms with Crippen LogP contribution in [0.2, 0.25) is 0 Å². The van der Waals surface area contributed by atoms with E-state index in [2.05, 4.69) is 19.2 Å². The van der Waals surface area contributed by atoms with Gasteiger partial charge in [0.2, 0.25) is 0 Å². The first-order chi connectivity index (χ1) is 11.3. The van der Waals surface area contributed by atoms with Gasteiger partial charge in [-0.1, -0.05) is 13.8 Å². The van der Waals surface area contributed by atoms with E-state index in [-0.39, 0.29) is 0 Å². The van der Waals surface area contributed by atoms with Gasteiger partial charge in [0.25, 0.3) is 0 Å². The van der Waals surface area contributed by atoms with E-state index < -0.39 is 0 Å². The van der Waals surface area contributed by atoms with E-state index in [1.165, 1.54) is 0 Å². The third-order valence-electron chi connectivity index (χ3n) is 2.75. The lowest BCUT2D eigenvalue weighted by atomic mass is 10.4. The van der Waals surface area contributed by atoms with Gasteiger partial charge in [-0.15, -0.1) is 0 Å². The molecule has 0 aliphatic rings. The molecule has 7 heteroatoms. The van der Waals surface area contributed by atoms with E-state index in [1.807, 2.05) is 0 Å². The minimum Gasteiger partial charge on any atom is -0.379 e. The lowest BCUT2D eigenvalue weighted by Crippen LogP contribution is -2.27. The van der Waals surface area contributed by atoms with Gasteiger partial charge in [-0.2, -0.15) is 0 Å². The zero-order chi connectivity index (χ0) is 17.0. The molecule has 0 spiro atoms. The van der Waals surface area contributed by atoms with Gasteiger partial charge >= 0.3 is 0 Å². The Morgan fingerprint density at radius 2 is 1.09 bits per heavy atom. The van der Waals surface area contributed by atoms with E-state index in [4.69, 9.17) is 29.4 Å². The summed E-state index contributed by atoms with van der Waals surface area (Å²) in [6.45, 7) is 12.0. The molecule has 0 bridgehead atoms.